The van der Waals surface area contributed by atoms with Gasteiger partial charge >= 0.3 is 0 Å². The Labute approximate surface area is 97.5 Å². The first-order valence-corrected chi connectivity index (χ1v) is 6.22. The van der Waals surface area contributed by atoms with E-state index in [2.05, 4.69) is 39.4 Å². The van der Waals surface area contributed by atoms with Crippen LogP contribution in [0, 0.1) is 6.92 Å². The third-order valence-corrected chi connectivity index (χ3v) is 4.06. The summed E-state index contributed by atoms with van der Waals surface area (Å²) in [4.78, 5) is 4.70. The second-order valence-electron chi connectivity index (χ2n) is 4.17. The van der Waals surface area contributed by atoms with Crippen molar-refractivity contribution in [3.05, 3.63) is 33.7 Å². The summed E-state index contributed by atoms with van der Waals surface area (Å²) in [6.07, 6.45) is 4.91. The van der Waals surface area contributed by atoms with Crippen molar-refractivity contribution in [3.63, 3.8) is 0 Å². The number of halogens is 1. The topological polar surface area (TPSA) is 17.3 Å². The van der Waals surface area contributed by atoms with Gasteiger partial charge in [0.15, 0.2) is 0 Å². The summed E-state index contributed by atoms with van der Waals surface area (Å²) in [6, 6.07) is 4.18. The molecule has 0 saturated heterocycles. The number of rotatable bonds is 0. The molecule has 3 heteroatoms. The Kier molecular flexibility index (Phi) is 2.09. The number of nitrogens with zero attached hydrogens (tertiary/aromatic N) is 2. The van der Waals surface area contributed by atoms with E-state index in [1.807, 2.05) is 0 Å². The van der Waals surface area contributed by atoms with Crippen molar-refractivity contribution in [2.24, 2.45) is 0 Å². The molecule has 0 bridgehead atoms. The second-order valence-corrected chi connectivity index (χ2v) is 5.03. The van der Waals surface area contributed by atoms with Crippen molar-refractivity contribution in [1.29, 1.82) is 0 Å². The average Bonchev–Trinajstić information content (AvgIpc) is 2.62. The minimum absolute atomic E-state index is 1.10. The van der Waals surface area contributed by atoms with Gasteiger partial charge in [0, 0.05) is 15.9 Å². The maximum atomic E-state index is 4.70. The Balaban J connectivity index is 2.39. The first kappa shape index (κ1) is 9.40. The average molecular weight is 265 g/mol. The molecule has 0 saturated carbocycles. The van der Waals surface area contributed by atoms with E-state index in [-0.39, 0.29) is 0 Å². The minimum Gasteiger partial charge on any atom is -0.300 e. The van der Waals surface area contributed by atoms with Crippen LogP contribution in [0.1, 0.15) is 29.9 Å². The zero-order valence-corrected chi connectivity index (χ0v) is 10.3. The number of imidazole rings is 1. The van der Waals surface area contributed by atoms with E-state index in [9.17, 15) is 0 Å². The zero-order chi connectivity index (χ0) is 10.4. The summed E-state index contributed by atoms with van der Waals surface area (Å²) in [5, 5.41) is 0. The molecule has 15 heavy (non-hydrogen) atoms. The highest BCUT2D eigenvalue weighted by molar-refractivity contribution is 9.10. The summed E-state index contributed by atoms with van der Waals surface area (Å²) in [6.45, 7) is 2.15. The molecule has 1 aliphatic rings. The van der Waals surface area contributed by atoms with Gasteiger partial charge in [0.05, 0.1) is 5.69 Å². The summed E-state index contributed by atoms with van der Waals surface area (Å²) in [5.41, 5.74) is 5.10. The van der Waals surface area contributed by atoms with Crippen LogP contribution in [0.2, 0.25) is 0 Å². The molecule has 0 atom stereocenters. The molecule has 78 valence electrons. The molecular formula is C12H13BrN2. The number of hydrogen-bond donors (Lipinski definition) is 0. The molecule has 0 fully saturated rings. The lowest BCUT2D eigenvalue weighted by atomic mass is 10.0. The first-order chi connectivity index (χ1) is 7.27. The molecule has 3 rings (SSSR count). The maximum Gasteiger partial charge on any atom is 0.137 e. The third-order valence-electron chi connectivity index (χ3n) is 3.22. The fourth-order valence-electron chi connectivity index (χ4n) is 2.42. The summed E-state index contributed by atoms with van der Waals surface area (Å²) in [7, 11) is 0. The van der Waals surface area contributed by atoms with Crippen molar-refractivity contribution < 1.29 is 0 Å². The Morgan fingerprint density at radius 2 is 2.07 bits per heavy atom. The first-order valence-electron chi connectivity index (χ1n) is 5.42. The molecule has 0 spiro atoms. The Bertz CT molecular complexity index is 528. The van der Waals surface area contributed by atoms with E-state index in [0.29, 0.717) is 0 Å². The fourth-order valence-corrected chi connectivity index (χ4v) is 2.73. The predicted molar refractivity (Wildman–Crippen MR) is 64.3 cm³/mol. The fraction of sp³-hybridized carbons (Fsp3) is 0.417. The number of aromatic nitrogens is 2. The molecule has 2 nitrogen and oxygen atoms in total. The molecular weight excluding hydrogens is 252 g/mol. The molecule has 2 aromatic heterocycles. The smallest absolute Gasteiger partial charge is 0.137 e. The van der Waals surface area contributed by atoms with Gasteiger partial charge in [-0.15, -0.1) is 0 Å². The van der Waals surface area contributed by atoms with Gasteiger partial charge in [-0.1, -0.05) is 0 Å². The number of hydrogen-bond acceptors (Lipinski definition) is 1. The lowest BCUT2D eigenvalue weighted by Gasteiger charge is -2.12. The number of aryl methyl sites for hydroxylation is 3. The van der Waals surface area contributed by atoms with E-state index in [0.717, 1.165) is 12.1 Å². The molecule has 0 N–H and O–H groups in total. The van der Waals surface area contributed by atoms with Gasteiger partial charge in [-0.25, -0.2) is 4.98 Å². The highest BCUT2D eigenvalue weighted by atomic mass is 79.9. The molecule has 0 aliphatic heterocycles. The van der Waals surface area contributed by atoms with Crippen LogP contribution >= 0.6 is 15.9 Å². The molecule has 2 aromatic rings. The van der Waals surface area contributed by atoms with Crippen molar-refractivity contribution in [3.8, 4) is 0 Å². The van der Waals surface area contributed by atoms with Crippen LogP contribution in [-0.4, -0.2) is 9.38 Å². The van der Waals surface area contributed by atoms with Crippen LogP contribution in [0.4, 0.5) is 0 Å². The van der Waals surface area contributed by atoms with Crippen LogP contribution in [0.3, 0.4) is 0 Å². The van der Waals surface area contributed by atoms with Gasteiger partial charge in [-0.3, -0.25) is 4.40 Å². The van der Waals surface area contributed by atoms with Crippen LogP contribution in [0.5, 0.6) is 0 Å². The summed E-state index contributed by atoms with van der Waals surface area (Å²) in [5.74, 6) is 0. The van der Waals surface area contributed by atoms with Gasteiger partial charge in [-0.2, -0.15) is 0 Å². The minimum atomic E-state index is 1.10. The monoisotopic (exact) mass is 264 g/mol. The van der Waals surface area contributed by atoms with Crippen LogP contribution < -0.4 is 0 Å². The number of fused-ring (bicyclic) bond motifs is 3. The van der Waals surface area contributed by atoms with Gasteiger partial charge in [0.2, 0.25) is 0 Å². The molecule has 0 aromatic carbocycles. The SMILES string of the molecule is Cc1c(Br)ccc2nc3c(n12)CCCC3. The third kappa shape index (κ3) is 1.33. The molecule has 0 radical (unpaired) electrons. The van der Waals surface area contributed by atoms with Gasteiger partial charge in [0.1, 0.15) is 5.65 Å². The number of pyridine rings is 1. The Morgan fingerprint density at radius 1 is 1.27 bits per heavy atom. The molecule has 2 heterocycles. The van der Waals surface area contributed by atoms with Crippen LogP contribution in [0.15, 0.2) is 16.6 Å². The second kappa shape index (κ2) is 3.34. The Hall–Kier alpha value is -0.830. The van der Waals surface area contributed by atoms with E-state index in [4.69, 9.17) is 4.98 Å². The van der Waals surface area contributed by atoms with E-state index < -0.39 is 0 Å². The van der Waals surface area contributed by atoms with Crippen LogP contribution in [-0.2, 0) is 12.8 Å². The lowest BCUT2D eigenvalue weighted by molar-refractivity contribution is 0.658. The largest absolute Gasteiger partial charge is 0.300 e. The molecule has 0 unspecified atom stereocenters. The normalized spacial score (nSPS) is 15.6. The van der Waals surface area contributed by atoms with E-state index in [1.165, 1.54) is 40.8 Å². The lowest BCUT2D eigenvalue weighted by Crippen LogP contribution is -2.05. The maximum absolute atomic E-state index is 4.70. The highest BCUT2D eigenvalue weighted by Gasteiger charge is 2.17. The molecule has 0 amide bonds. The summed E-state index contributed by atoms with van der Waals surface area (Å²) >= 11 is 3.58. The quantitative estimate of drug-likeness (QED) is 0.714. The van der Waals surface area contributed by atoms with E-state index in [1.54, 1.807) is 0 Å². The predicted octanol–water partition coefficient (Wildman–Crippen LogP) is 3.28. The highest BCUT2D eigenvalue weighted by Crippen LogP contribution is 2.26. The van der Waals surface area contributed by atoms with Gasteiger partial charge in [-0.05, 0) is 60.7 Å². The van der Waals surface area contributed by atoms with E-state index >= 15 is 0 Å². The zero-order valence-electron chi connectivity index (χ0n) is 8.76. The van der Waals surface area contributed by atoms with Gasteiger partial charge in [0.25, 0.3) is 0 Å². The Morgan fingerprint density at radius 3 is 2.93 bits per heavy atom. The van der Waals surface area contributed by atoms with Crippen molar-refractivity contribution in [2.45, 2.75) is 32.6 Å². The van der Waals surface area contributed by atoms with Crippen molar-refractivity contribution in [1.82, 2.24) is 9.38 Å². The van der Waals surface area contributed by atoms with Crippen molar-refractivity contribution >= 4 is 21.6 Å². The summed E-state index contributed by atoms with van der Waals surface area (Å²) < 4.78 is 3.47. The molecule has 1 aliphatic carbocycles. The van der Waals surface area contributed by atoms with Crippen molar-refractivity contribution in [2.75, 3.05) is 0 Å². The van der Waals surface area contributed by atoms with Gasteiger partial charge < -0.3 is 0 Å². The standard InChI is InChI=1S/C12H13BrN2/c1-8-9(13)6-7-12-14-10-4-2-3-5-11(10)15(8)12/h6-7H,2-5H2,1H3. The van der Waals surface area contributed by atoms with Crippen LogP contribution in [0.25, 0.3) is 5.65 Å².